The number of nitrogens with zero attached hydrogens (tertiary/aromatic N) is 1. The molecule has 1 fully saturated rings. The molecule has 2 rings (SSSR count). The quantitative estimate of drug-likeness (QED) is 0.880. The molecule has 0 bridgehead atoms. The Morgan fingerprint density at radius 3 is 2.79 bits per heavy atom. The van der Waals surface area contributed by atoms with E-state index in [9.17, 15) is 4.79 Å². The monoisotopic (exact) mass is 260 g/mol. The third kappa shape index (κ3) is 3.35. The molecule has 1 N–H and O–H groups in total. The van der Waals surface area contributed by atoms with Gasteiger partial charge in [-0.1, -0.05) is 30.3 Å². The molecular weight excluding hydrogens is 236 g/mol. The summed E-state index contributed by atoms with van der Waals surface area (Å²) in [6.45, 7) is 3.98. The number of benzene rings is 1. The third-order valence-electron chi connectivity index (χ3n) is 4.08. The van der Waals surface area contributed by atoms with Crippen LogP contribution in [0.2, 0.25) is 0 Å². The van der Waals surface area contributed by atoms with Crippen LogP contribution in [0, 0.1) is 0 Å². The van der Waals surface area contributed by atoms with E-state index in [1.165, 1.54) is 5.56 Å². The molecule has 0 aliphatic carbocycles. The predicted octanol–water partition coefficient (Wildman–Crippen LogP) is 2.22. The summed E-state index contributed by atoms with van der Waals surface area (Å²) >= 11 is 0. The number of carbonyl (C=O) groups is 1. The van der Waals surface area contributed by atoms with Crippen LogP contribution in [0.25, 0.3) is 0 Å². The van der Waals surface area contributed by atoms with Crippen molar-refractivity contribution in [1.29, 1.82) is 0 Å². The van der Waals surface area contributed by atoms with E-state index < -0.39 is 0 Å². The van der Waals surface area contributed by atoms with Crippen molar-refractivity contribution in [1.82, 2.24) is 10.2 Å². The minimum absolute atomic E-state index is 0.00250. The van der Waals surface area contributed by atoms with E-state index in [1.807, 2.05) is 25.2 Å². The average Bonchev–Trinajstić information content (AvgIpc) is 2.79. The molecule has 0 spiro atoms. The fourth-order valence-electron chi connectivity index (χ4n) is 3.04. The molecule has 3 nitrogen and oxygen atoms in total. The van der Waals surface area contributed by atoms with Crippen molar-refractivity contribution in [2.75, 3.05) is 20.1 Å². The zero-order valence-corrected chi connectivity index (χ0v) is 12.0. The number of rotatable bonds is 5. The molecule has 1 amide bonds. The van der Waals surface area contributed by atoms with Crippen LogP contribution < -0.4 is 5.32 Å². The van der Waals surface area contributed by atoms with Gasteiger partial charge in [0.2, 0.25) is 5.91 Å². The highest BCUT2D eigenvalue weighted by atomic mass is 16.2. The van der Waals surface area contributed by atoms with Gasteiger partial charge in [-0.3, -0.25) is 4.79 Å². The summed E-state index contributed by atoms with van der Waals surface area (Å²) in [7, 11) is 1.95. The van der Waals surface area contributed by atoms with Crippen LogP contribution in [0.5, 0.6) is 0 Å². The summed E-state index contributed by atoms with van der Waals surface area (Å²) in [5.74, 6) is 0.291. The van der Waals surface area contributed by atoms with Gasteiger partial charge >= 0.3 is 0 Å². The SMILES string of the molecule is CNCC1(C)CCCN1C(=O)CCc1ccccc1. The average molecular weight is 260 g/mol. The molecule has 1 aliphatic heterocycles. The number of hydrogen-bond donors (Lipinski definition) is 1. The van der Waals surface area contributed by atoms with Crippen LogP contribution >= 0.6 is 0 Å². The van der Waals surface area contributed by atoms with Crippen LogP contribution in [-0.2, 0) is 11.2 Å². The van der Waals surface area contributed by atoms with Gasteiger partial charge in [0, 0.05) is 19.5 Å². The van der Waals surface area contributed by atoms with Crippen molar-refractivity contribution in [2.45, 2.75) is 38.1 Å². The van der Waals surface area contributed by atoms with Crippen LogP contribution in [0.1, 0.15) is 31.7 Å². The Balaban J connectivity index is 1.92. The lowest BCUT2D eigenvalue weighted by atomic mass is 9.98. The zero-order chi connectivity index (χ0) is 13.7. The summed E-state index contributed by atoms with van der Waals surface area (Å²) in [5, 5.41) is 3.21. The highest BCUT2D eigenvalue weighted by Gasteiger charge is 2.38. The lowest BCUT2D eigenvalue weighted by Crippen LogP contribution is -2.50. The second-order valence-electron chi connectivity index (χ2n) is 5.66. The fraction of sp³-hybridized carbons (Fsp3) is 0.562. The zero-order valence-electron chi connectivity index (χ0n) is 12.0. The number of hydrogen-bond acceptors (Lipinski definition) is 2. The maximum Gasteiger partial charge on any atom is 0.223 e. The molecule has 1 aliphatic rings. The summed E-state index contributed by atoms with van der Waals surface area (Å²) in [6.07, 6.45) is 3.68. The van der Waals surface area contributed by atoms with Crippen LogP contribution in [0.3, 0.4) is 0 Å². The van der Waals surface area contributed by atoms with Gasteiger partial charge in [0.05, 0.1) is 5.54 Å². The van der Waals surface area contributed by atoms with E-state index in [4.69, 9.17) is 0 Å². The fourth-order valence-corrected chi connectivity index (χ4v) is 3.04. The predicted molar refractivity (Wildman–Crippen MR) is 78.0 cm³/mol. The first-order valence-corrected chi connectivity index (χ1v) is 7.15. The maximum absolute atomic E-state index is 12.4. The number of carbonyl (C=O) groups excluding carboxylic acids is 1. The number of nitrogens with one attached hydrogen (secondary N) is 1. The van der Waals surface area contributed by atoms with Crippen LogP contribution in [0.15, 0.2) is 30.3 Å². The third-order valence-corrected chi connectivity index (χ3v) is 4.08. The van der Waals surface area contributed by atoms with Crippen LogP contribution in [-0.4, -0.2) is 36.5 Å². The van der Waals surface area contributed by atoms with Gasteiger partial charge in [-0.2, -0.15) is 0 Å². The normalized spacial score (nSPS) is 22.7. The second-order valence-corrected chi connectivity index (χ2v) is 5.66. The minimum atomic E-state index is 0.00250. The van der Waals surface area contributed by atoms with E-state index in [0.29, 0.717) is 12.3 Å². The van der Waals surface area contributed by atoms with Crippen LogP contribution in [0.4, 0.5) is 0 Å². The molecule has 0 saturated carbocycles. The Labute approximate surface area is 116 Å². The van der Waals surface area contributed by atoms with Gasteiger partial charge in [0.1, 0.15) is 0 Å². The first-order chi connectivity index (χ1) is 9.15. The molecule has 1 saturated heterocycles. The van der Waals surface area contributed by atoms with E-state index in [1.54, 1.807) is 0 Å². The smallest absolute Gasteiger partial charge is 0.223 e. The topological polar surface area (TPSA) is 32.3 Å². The molecule has 1 atom stereocenters. The Bertz CT molecular complexity index is 418. The Kier molecular flexibility index (Phi) is 4.59. The molecule has 0 radical (unpaired) electrons. The highest BCUT2D eigenvalue weighted by Crippen LogP contribution is 2.29. The van der Waals surface area contributed by atoms with Crippen molar-refractivity contribution < 1.29 is 4.79 Å². The second kappa shape index (κ2) is 6.20. The molecule has 19 heavy (non-hydrogen) atoms. The number of aryl methyl sites for hydroxylation is 1. The van der Waals surface area contributed by atoms with Gasteiger partial charge in [-0.05, 0) is 38.8 Å². The first kappa shape index (κ1) is 14.1. The Hall–Kier alpha value is -1.35. The van der Waals surface area contributed by atoms with Gasteiger partial charge in [-0.15, -0.1) is 0 Å². The molecular formula is C16H24N2O. The van der Waals surface area contributed by atoms with E-state index in [2.05, 4.69) is 29.3 Å². The summed E-state index contributed by atoms with van der Waals surface area (Å²) in [5.41, 5.74) is 1.24. The van der Waals surface area contributed by atoms with Crippen molar-refractivity contribution in [2.24, 2.45) is 0 Å². The summed E-state index contributed by atoms with van der Waals surface area (Å²) in [6, 6.07) is 10.2. The van der Waals surface area contributed by atoms with E-state index in [-0.39, 0.29) is 5.54 Å². The minimum Gasteiger partial charge on any atom is -0.336 e. The molecule has 0 aromatic heterocycles. The number of likely N-dealkylation sites (N-methyl/N-ethyl adjacent to an activating group) is 1. The number of amides is 1. The highest BCUT2D eigenvalue weighted by molar-refractivity contribution is 5.77. The van der Waals surface area contributed by atoms with E-state index >= 15 is 0 Å². The molecule has 1 aromatic rings. The summed E-state index contributed by atoms with van der Waals surface area (Å²) < 4.78 is 0. The number of likely N-dealkylation sites (tertiary alicyclic amines) is 1. The summed E-state index contributed by atoms with van der Waals surface area (Å²) in [4.78, 5) is 14.5. The molecule has 1 aromatic carbocycles. The standard InChI is InChI=1S/C16H24N2O/c1-16(13-17-2)11-6-12-18(16)15(19)10-9-14-7-4-3-5-8-14/h3-5,7-8,17H,6,9-13H2,1-2H3. The lowest BCUT2D eigenvalue weighted by Gasteiger charge is -2.35. The van der Waals surface area contributed by atoms with Gasteiger partial charge in [0.25, 0.3) is 0 Å². The Morgan fingerprint density at radius 1 is 1.37 bits per heavy atom. The van der Waals surface area contributed by atoms with E-state index in [0.717, 1.165) is 32.4 Å². The van der Waals surface area contributed by atoms with Gasteiger partial charge < -0.3 is 10.2 Å². The van der Waals surface area contributed by atoms with Gasteiger partial charge in [-0.25, -0.2) is 0 Å². The maximum atomic E-state index is 12.4. The molecule has 104 valence electrons. The van der Waals surface area contributed by atoms with Crippen molar-refractivity contribution in [3.8, 4) is 0 Å². The van der Waals surface area contributed by atoms with Crippen molar-refractivity contribution >= 4 is 5.91 Å². The Morgan fingerprint density at radius 2 is 2.11 bits per heavy atom. The van der Waals surface area contributed by atoms with Crippen molar-refractivity contribution in [3.63, 3.8) is 0 Å². The lowest BCUT2D eigenvalue weighted by molar-refractivity contribution is -0.134. The molecule has 3 heteroatoms. The molecule has 1 unspecified atom stereocenters. The van der Waals surface area contributed by atoms with Gasteiger partial charge in [0.15, 0.2) is 0 Å². The first-order valence-electron chi connectivity index (χ1n) is 7.15. The van der Waals surface area contributed by atoms with Crippen molar-refractivity contribution in [3.05, 3.63) is 35.9 Å². The molecule has 1 heterocycles. The largest absolute Gasteiger partial charge is 0.336 e.